The summed E-state index contributed by atoms with van der Waals surface area (Å²) in [4.78, 5) is 4.81. The van der Waals surface area contributed by atoms with Crippen LogP contribution in [0.25, 0.3) is 0 Å². The van der Waals surface area contributed by atoms with Crippen LogP contribution in [0.1, 0.15) is 23.2 Å². The molecular formula is C18H21ClN4. The molecule has 1 aromatic carbocycles. The molecule has 1 saturated heterocycles. The van der Waals surface area contributed by atoms with E-state index in [1.165, 1.54) is 23.2 Å². The molecule has 0 N–H and O–H groups in total. The number of benzene rings is 1. The predicted molar refractivity (Wildman–Crippen MR) is 93.0 cm³/mol. The van der Waals surface area contributed by atoms with Crippen molar-refractivity contribution < 1.29 is 0 Å². The van der Waals surface area contributed by atoms with Gasteiger partial charge in [-0.25, -0.2) is 0 Å². The minimum Gasteiger partial charge on any atom is -0.353 e. The standard InChI is InChI=1S/C18H21ClN4/c19-16-6-2-1-4-15(16)13-22-8-10-23(11-9-22)18-12-14-5-3-7-17(14)20-21-18/h1-2,4,6,12H,3,5,7-11,13H2. The Hall–Kier alpha value is -1.65. The van der Waals surface area contributed by atoms with Crippen LogP contribution in [0.5, 0.6) is 0 Å². The van der Waals surface area contributed by atoms with Gasteiger partial charge in [-0.1, -0.05) is 29.8 Å². The number of anilines is 1. The molecule has 5 heteroatoms. The maximum atomic E-state index is 6.27. The Labute approximate surface area is 142 Å². The molecule has 1 aliphatic carbocycles. The fraction of sp³-hybridized carbons (Fsp3) is 0.444. The Kier molecular flexibility index (Phi) is 4.19. The van der Waals surface area contributed by atoms with Gasteiger partial charge in [-0.15, -0.1) is 5.10 Å². The van der Waals surface area contributed by atoms with Gasteiger partial charge >= 0.3 is 0 Å². The number of hydrogen-bond acceptors (Lipinski definition) is 4. The highest BCUT2D eigenvalue weighted by molar-refractivity contribution is 6.31. The van der Waals surface area contributed by atoms with Crippen molar-refractivity contribution in [2.24, 2.45) is 0 Å². The van der Waals surface area contributed by atoms with Crippen molar-refractivity contribution in [3.05, 3.63) is 52.2 Å². The van der Waals surface area contributed by atoms with Gasteiger partial charge in [0.25, 0.3) is 0 Å². The number of hydrogen-bond donors (Lipinski definition) is 0. The zero-order valence-electron chi connectivity index (χ0n) is 13.2. The lowest BCUT2D eigenvalue weighted by atomic mass is 10.2. The molecule has 0 spiro atoms. The van der Waals surface area contributed by atoms with E-state index in [1.807, 2.05) is 12.1 Å². The summed E-state index contributed by atoms with van der Waals surface area (Å²) in [5.41, 5.74) is 3.81. The van der Waals surface area contributed by atoms with Crippen molar-refractivity contribution in [2.75, 3.05) is 31.1 Å². The molecule has 1 fully saturated rings. The van der Waals surface area contributed by atoms with Gasteiger partial charge in [0.15, 0.2) is 5.82 Å². The molecule has 1 aliphatic heterocycles. The van der Waals surface area contributed by atoms with Gasteiger partial charge < -0.3 is 4.90 Å². The second-order valence-corrected chi connectivity index (χ2v) is 6.79. The zero-order valence-corrected chi connectivity index (χ0v) is 14.0. The van der Waals surface area contributed by atoms with Gasteiger partial charge in [-0.3, -0.25) is 4.90 Å². The summed E-state index contributed by atoms with van der Waals surface area (Å²) in [5, 5.41) is 9.70. The molecule has 4 rings (SSSR count). The Balaban J connectivity index is 1.38. The van der Waals surface area contributed by atoms with Gasteiger partial charge in [0.1, 0.15) is 0 Å². The Morgan fingerprint density at radius 2 is 1.83 bits per heavy atom. The number of aryl methyl sites for hydroxylation is 2. The number of nitrogens with zero attached hydrogens (tertiary/aromatic N) is 4. The van der Waals surface area contributed by atoms with E-state index in [4.69, 9.17) is 11.6 Å². The third-order valence-electron chi connectivity index (χ3n) is 4.85. The van der Waals surface area contributed by atoms with Crippen molar-refractivity contribution >= 4 is 17.4 Å². The van der Waals surface area contributed by atoms with E-state index in [0.29, 0.717) is 0 Å². The van der Waals surface area contributed by atoms with E-state index in [-0.39, 0.29) is 0 Å². The Bertz CT molecular complexity index is 695. The summed E-state index contributed by atoms with van der Waals surface area (Å²) in [6, 6.07) is 10.4. The van der Waals surface area contributed by atoms with Crippen LogP contribution in [0, 0.1) is 0 Å². The lowest BCUT2D eigenvalue weighted by Crippen LogP contribution is -2.46. The first-order valence-corrected chi connectivity index (χ1v) is 8.73. The minimum absolute atomic E-state index is 0.861. The first-order chi connectivity index (χ1) is 11.3. The van der Waals surface area contributed by atoms with E-state index >= 15 is 0 Å². The molecule has 0 atom stereocenters. The fourth-order valence-electron chi connectivity index (χ4n) is 3.47. The van der Waals surface area contributed by atoms with Crippen molar-refractivity contribution in [1.82, 2.24) is 15.1 Å². The topological polar surface area (TPSA) is 32.3 Å². The summed E-state index contributed by atoms with van der Waals surface area (Å²) in [5.74, 6) is 1.04. The van der Waals surface area contributed by atoms with Gasteiger partial charge in [-0.2, -0.15) is 5.10 Å². The molecule has 2 heterocycles. The van der Waals surface area contributed by atoms with Crippen LogP contribution in [0.4, 0.5) is 5.82 Å². The van der Waals surface area contributed by atoms with E-state index in [9.17, 15) is 0 Å². The number of aromatic nitrogens is 2. The summed E-state index contributed by atoms with van der Waals surface area (Å²) in [7, 11) is 0. The van der Waals surface area contributed by atoms with Crippen molar-refractivity contribution in [3.8, 4) is 0 Å². The van der Waals surface area contributed by atoms with Crippen LogP contribution in [0.2, 0.25) is 5.02 Å². The molecule has 0 bridgehead atoms. The molecule has 2 aliphatic rings. The lowest BCUT2D eigenvalue weighted by Gasteiger charge is -2.35. The quantitative estimate of drug-likeness (QED) is 0.867. The normalized spacial score (nSPS) is 18.2. The van der Waals surface area contributed by atoms with Crippen molar-refractivity contribution in [3.63, 3.8) is 0 Å². The van der Waals surface area contributed by atoms with E-state index in [2.05, 4.69) is 38.2 Å². The summed E-state index contributed by atoms with van der Waals surface area (Å²) in [6.45, 7) is 4.98. The van der Waals surface area contributed by atoms with Crippen LogP contribution in [-0.4, -0.2) is 41.3 Å². The molecule has 0 saturated carbocycles. The largest absolute Gasteiger partial charge is 0.353 e. The van der Waals surface area contributed by atoms with Gasteiger partial charge in [0.05, 0.1) is 5.69 Å². The molecular weight excluding hydrogens is 308 g/mol. The Morgan fingerprint density at radius 1 is 1.00 bits per heavy atom. The second-order valence-electron chi connectivity index (χ2n) is 6.38. The molecule has 120 valence electrons. The molecule has 23 heavy (non-hydrogen) atoms. The Morgan fingerprint density at radius 3 is 2.65 bits per heavy atom. The van der Waals surface area contributed by atoms with Crippen LogP contribution >= 0.6 is 11.6 Å². The second kappa shape index (κ2) is 6.46. The fourth-order valence-corrected chi connectivity index (χ4v) is 3.67. The number of halogens is 1. The average molecular weight is 329 g/mol. The van der Waals surface area contributed by atoms with Crippen LogP contribution < -0.4 is 4.90 Å². The molecule has 0 amide bonds. The minimum atomic E-state index is 0.861. The number of piperazine rings is 1. The SMILES string of the molecule is Clc1ccccc1CN1CCN(c2cc3c(nn2)CCC3)CC1. The zero-order chi connectivity index (χ0) is 15.6. The van der Waals surface area contributed by atoms with Gasteiger partial charge in [-0.05, 0) is 42.5 Å². The predicted octanol–water partition coefficient (Wildman–Crippen LogP) is 2.94. The van der Waals surface area contributed by atoms with E-state index in [0.717, 1.165) is 56.4 Å². The molecule has 4 nitrogen and oxygen atoms in total. The van der Waals surface area contributed by atoms with Crippen LogP contribution in [-0.2, 0) is 19.4 Å². The third kappa shape index (κ3) is 3.19. The highest BCUT2D eigenvalue weighted by Gasteiger charge is 2.21. The van der Waals surface area contributed by atoms with Crippen molar-refractivity contribution in [1.29, 1.82) is 0 Å². The first kappa shape index (κ1) is 14.9. The number of rotatable bonds is 3. The summed E-state index contributed by atoms with van der Waals surface area (Å²) in [6.07, 6.45) is 3.47. The van der Waals surface area contributed by atoms with Crippen LogP contribution in [0.15, 0.2) is 30.3 Å². The summed E-state index contributed by atoms with van der Waals surface area (Å²) < 4.78 is 0. The van der Waals surface area contributed by atoms with Gasteiger partial charge in [0.2, 0.25) is 0 Å². The van der Waals surface area contributed by atoms with E-state index < -0.39 is 0 Å². The average Bonchev–Trinajstić information content (AvgIpc) is 3.05. The van der Waals surface area contributed by atoms with Crippen molar-refractivity contribution in [2.45, 2.75) is 25.8 Å². The molecule has 0 unspecified atom stereocenters. The monoisotopic (exact) mass is 328 g/mol. The van der Waals surface area contributed by atoms with Crippen LogP contribution in [0.3, 0.4) is 0 Å². The van der Waals surface area contributed by atoms with Gasteiger partial charge in [0, 0.05) is 37.7 Å². The number of fused-ring (bicyclic) bond motifs is 1. The molecule has 1 aromatic heterocycles. The smallest absolute Gasteiger partial charge is 0.151 e. The highest BCUT2D eigenvalue weighted by atomic mass is 35.5. The maximum absolute atomic E-state index is 6.27. The maximum Gasteiger partial charge on any atom is 0.151 e. The molecule has 0 radical (unpaired) electrons. The highest BCUT2D eigenvalue weighted by Crippen LogP contribution is 2.24. The van der Waals surface area contributed by atoms with E-state index in [1.54, 1.807) is 0 Å². The lowest BCUT2D eigenvalue weighted by molar-refractivity contribution is 0.249. The first-order valence-electron chi connectivity index (χ1n) is 8.36. The molecule has 2 aromatic rings. The third-order valence-corrected chi connectivity index (χ3v) is 5.22. The summed E-state index contributed by atoms with van der Waals surface area (Å²) >= 11 is 6.27.